The molecule has 0 unspecified atom stereocenters. The van der Waals surface area contributed by atoms with E-state index < -0.39 is 37.0 Å². The molecule has 0 aliphatic heterocycles. The van der Waals surface area contributed by atoms with E-state index in [1.165, 1.54) is 0 Å². The molecule has 0 spiro atoms. The molecule has 10 heteroatoms. The highest BCUT2D eigenvalue weighted by Crippen LogP contribution is 2.04. The van der Waals surface area contributed by atoms with Crippen LogP contribution in [0.2, 0.25) is 0 Å². The highest BCUT2D eigenvalue weighted by molar-refractivity contribution is 5.72. The number of aliphatic carboxylic acids is 1. The molecule has 4 atom stereocenters. The zero-order valence-corrected chi connectivity index (χ0v) is 11.8. The van der Waals surface area contributed by atoms with Gasteiger partial charge in [-0.1, -0.05) is 0 Å². The fourth-order valence-corrected chi connectivity index (χ4v) is 1.12. The van der Waals surface area contributed by atoms with Crippen molar-refractivity contribution < 1.29 is 45.6 Å². The molecule has 0 radical (unpaired) electrons. The van der Waals surface area contributed by atoms with Gasteiger partial charge in [0.1, 0.15) is 18.3 Å². The third-order valence-electron chi connectivity index (χ3n) is 2.47. The minimum Gasteiger partial charge on any atom is -0.479 e. The van der Waals surface area contributed by atoms with Crippen LogP contribution in [-0.4, -0.2) is 116 Å². The second kappa shape index (κ2) is 12.9. The Balaban J connectivity index is 0. The van der Waals surface area contributed by atoms with Crippen LogP contribution in [0.5, 0.6) is 0 Å². The van der Waals surface area contributed by atoms with Crippen LogP contribution in [0, 0.1) is 0 Å². The van der Waals surface area contributed by atoms with Gasteiger partial charge in [-0.15, -0.1) is 0 Å². The van der Waals surface area contributed by atoms with Gasteiger partial charge in [0, 0.05) is 13.1 Å². The van der Waals surface area contributed by atoms with Gasteiger partial charge in [0.05, 0.1) is 19.8 Å². The van der Waals surface area contributed by atoms with Gasteiger partial charge < -0.3 is 45.8 Å². The van der Waals surface area contributed by atoms with Gasteiger partial charge in [0.2, 0.25) is 0 Å². The zero-order chi connectivity index (χ0) is 17.0. The Morgan fingerprint density at radius 3 is 1.67 bits per heavy atom. The van der Waals surface area contributed by atoms with E-state index in [0.29, 0.717) is 13.1 Å². The molecule has 0 aromatic heterocycles. The Kier molecular flexibility index (Phi) is 13.7. The van der Waals surface area contributed by atoms with E-state index in [9.17, 15) is 4.79 Å². The molecule has 8 N–H and O–H groups in total. The normalized spacial score (nSPS) is 16.6. The summed E-state index contributed by atoms with van der Waals surface area (Å²) in [5.74, 6) is -1.73. The molecular formula is C11H25NO9. The van der Waals surface area contributed by atoms with E-state index in [-0.39, 0.29) is 13.2 Å². The van der Waals surface area contributed by atoms with E-state index in [1.807, 2.05) is 11.9 Å². The first-order valence-electron chi connectivity index (χ1n) is 6.19. The van der Waals surface area contributed by atoms with E-state index in [1.54, 1.807) is 0 Å². The molecule has 0 aliphatic carbocycles. The van der Waals surface area contributed by atoms with E-state index in [4.69, 9.17) is 40.9 Å². The van der Waals surface area contributed by atoms with Crippen molar-refractivity contribution in [3.05, 3.63) is 0 Å². The van der Waals surface area contributed by atoms with Crippen molar-refractivity contribution in [2.45, 2.75) is 24.4 Å². The second-order valence-corrected chi connectivity index (χ2v) is 4.26. The van der Waals surface area contributed by atoms with Gasteiger partial charge >= 0.3 is 5.97 Å². The fourth-order valence-electron chi connectivity index (χ4n) is 1.12. The van der Waals surface area contributed by atoms with Crippen LogP contribution in [0.3, 0.4) is 0 Å². The molecule has 0 saturated heterocycles. The quantitative estimate of drug-likeness (QED) is 0.206. The van der Waals surface area contributed by atoms with Crippen LogP contribution in [-0.2, 0) is 4.79 Å². The van der Waals surface area contributed by atoms with Crippen LogP contribution in [0.15, 0.2) is 0 Å². The molecule has 0 rings (SSSR count). The first-order valence-corrected chi connectivity index (χ1v) is 6.19. The number of likely N-dealkylation sites (N-methyl/N-ethyl adjacent to an activating group) is 1. The summed E-state index contributed by atoms with van der Waals surface area (Å²) in [6.45, 7) is 0.763. The summed E-state index contributed by atoms with van der Waals surface area (Å²) in [6.07, 6.45) is -7.84. The lowest BCUT2D eigenvalue weighted by molar-refractivity contribution is -0.164. The molecule has 10 nitrogen and oxygen atoms in total. The van der Waals surface area contributed by atoms with E-state index in [2.05, 4.69) is 0 Å². The number of aliphatic hydroxyl groups excluding tert-OH is 7. The average molecular weight is 315 g/mol. The van der Waals surface area contributed by atoms with Crippen molar-refractivity contribution in [1.82, 2.24) is 4.90 Å². The van der Waals surface area contributed by atoms with Gasteiger partial charge in [0.15, 0.2) is 6.10 Å². The summed E-state index contributed by atoms with van der Waals surface area (Å²) in [6, 6.07) is 0. The molecule has 0 saturated carbocycles. The highest BCUT2D eigenvalue weighted by Gasteiger charge is 2.33. The molecule has 0 fully saturated rings. The molecule has 0 aromatic rings. The van der Waals surface area contributed by atoms with E-state index >= 15 is 0 Å². The molecule has 0 aliphatic rings. The molecule has 21 heavy (non-hydrogen) atoms. The number of carboxylic acid groups (broad SMARTS) is 1. The third-order valence-corrected chi connectivity index (χ3v) is 2.47. The van der Waals surface area contributed by atoms with Crippen molar-refractivity contribution in [3.63, 3.8) is 0 Å². The predicted molar refractivity (Wildman–Crippen MR) is 70.4 cm³/mol. The lowest BCUT2D eigenvalue weighted by atomic mass is 10.0. The molecule has 128 valence electrons. The van der Waals surface area contributed by atoms with Crippen LogP contribution >= 0.6 is 0 Å². The average Bonchev–Trinajstić information content (AvgIpc) is 2.45. The van der Waals surface area contributed by atoms with Crippen molar-refractivity contribution in [3.8, 4) is 0 Å². The Bertz CT molecular complexity index is 260. The van der Waals surface area contributed by atoms with Crippen LogP contribution in [0.25, 0.3) is 0 Å². The monoisotopic (exact) mass is 315 g/mol. The number of rotatable bonds is 9. The van der Waals surface area contributed by atoms with Crippen molar-refractivity contribution in [1.29, 1.82) is 0 Å². The lowest BCUT2D eigenvalue weighted by Gasteiger charge is -2.23. The van der Waals surface area contributed by atoms with Crippen molar-refractivity contribution in [2.24, 2.45) is 0 Å². The Morgan fingerprint density at radius 2 is 1.38 bits per heavy atom. The lowest BCUT2D eigenvalue weighted by Crippen LogP contribution is -2.48. The summed E-state index contributed by atoms with van der Waals surface area (Å²) >= 11 is 0. The third kappa shape index (κ3) is 10.5. The Labute approximate surface area is 122 Å². The minimum absolute atomic E-state index is 0.163. The molecule has 0 aromatic carbocycles. The van der Waals surface area contributed by atoms with Crippen LogP contribution in [0.4, 0.5) is 0 Å². The zero-order valence-electron chi connectivity index (χ0n) is 11.8. The smallest absolute Gasteiger partial charge is 0.335 e. The van der Waals surface area contributed by atoms with Crippen LogP contribution in [0.1, 0.15) is 0 Å². The maximum absolute atomic E-state index is 10.1. The summed E-state index contributed by atoms with van der Waals surface area (Å²) in [5.41, 5.74) is 0. The standard InChI is InChI=1S/C6H12O7.C5H13NO2/c7-1-2(8)3(9)4(10)5(11)6(12)13;1-6(2-4-7)3-5-8/h2-5,7-11H,1H2,(H,12,13);7-8H,2-5H2,1H3/t2-,3-,4+,5-;/m1./s1. The maximum Gasteiger partial charge on any atom is 0.335 e. The number of hydrogen-bond donors (Lipinski definition) is 8. The van der Waals surface area contributed by atoms with Crippen molar-refractivity contribution >= 4 is 5.97 Å². The maximum atomic E-state index is 10.1. The molecule has 0 heterocycles. The molecule has 0 bridgehead atoms. The highest BCUT2D eigenvalue weighted by atomic mass is 16.4. The van der Waals surface area contributed by atoms with Gasteiger partial charge in [-0.3, -0.25) is 0 Å². The Hall–Kier alpha value is -0.850. The first kappa shape index (κ1) is 22.4. The van der Waals surface area contributed by atoms with Gasteiger partial charge in [0.25, 0.3) is 0 Å². The molecular weight excluding hydrogens is 290 g/mol. The summed E-state index contributed by atoms with van der Waals surface area (Å²) in [4.78, 5) is 12.0. The summed E-state index contributed by atoms with van der Waals surface area (Å²) in [5, 5.41) is 68.5. The van der Waals surface area contributed by atoms with Gasteiger partial charge in [-0.25, -0.2) is 4.79 Å². The fraction of sp³-hybridized carbons (Fsp3) is 0.909. The van der Waals surface area contributed by atoms with Gasteiger partial charge in [-0.05, 0) is 7.05 Å². The van der Waals surface area contributed by atoms with E-state index in [0.717, 1.165) is 0 Å². The number of nitrogens with zero attached hydrogens (tertiary/aromatic N) is 1. The van der Waals surface area contributed by atoms with Crippen LogP contribution < -0.4 is 0 Å². The first-order chi connectivity index (χ1) is 9.72. The minimum atomic E-state index is -2.20. The SMILES string of the molecule is CN(CCO)CCO.O=C(O)[C@H](O)[C@@H](O)[C@H](O)[C@H](O)CO. The Morgan fingerprint density at radius 1 is 0.952 bits per heavy atom. The second-order valence-electron chi connectivity index (χ2n) is 4.26. The largest absolute Gasteiger partial charge is 0.479 e. The van der Waals surface area contributed by atoms with Crippen molar-refractivity contribution in [2.75, 3.05) is 40.0 Å². The van der Waals surface area contributed by atoms with Gasteiger partial charge in [-0.2, -0.15) is 0 Å². The number of aliphatic hydroxyl groups is 7. The summed E-state index contributed by atoms with van der Waals surface area (Å²) < 4.78 is 0. The number of hydrogen-bond acceptors (Lipinski definition) is 9. The predicted octanol–water partition coefficient (Wildman–Crippen LogP) is -4.59. The number of carbonyl (C=O) groups is 1. The summed E-state index contributed by atoms with van der Waals surface area (Å²) in [7, 11) is 1.85. The number of carboxylic acids is 1. The topological polar surface area (TPSA) is 182 Å². The molecule has 0 amide bonds.